The molecule has 4 rings (SSSR count). The highest BCUT2D eigenvalue weighted by atomic mass is 32.2. The van der Waals surface area contributed by atoms with Crippen LogP contribution in [0.1, 0.15) is 23.9 Å². The number of ether oxygens (including phenoxy) is 1. The zero-order valence-corrected chi connectivity index (χ0v) is 19.7. The lowest BCUT2D eigenvalue weighted by Crippen LogP contribution is -2.52. The fourth-order valence-electron chi connectivity index (χ4n) is 3.80. The molecule has 0 unspecified atom stereocenters. The number of hydrogen-bond acceptors (Lipinski definition) is 8. The van der Waals surface area contributed by atoms with Gasteiger partial charge < -0.3 is 14.5 Å². The van der Waals surface area contributed by atoms with Gasteiger partial charge in [-0.3, -0.25) is 24.1 Å². The third-order valence-electron chi connectivity index (χ3n) is 5.66. The summed E-state index contributed by atoms with van der Waals surface area (Å²) in [6, 6.07) is 7.17. The number of fused-ring (bicyclic) bond motifs is 1. The van der Waals surface area contributed by atoms with Crippen molar-refractivity contribution in [1.29, 1.82) is 0 Å². The molecule has 3 heterocycles. The average Bonchev–Trinajstić information content (AvgIpc) is 3.56. The number of nitrogens with one attached hydrogen (secondary N) is 1. The lowest BCUT2D eigenvalue weighted by atomic mass is 10.2. The molecule has 0 atom stereocenters. The summed E-state index contributed by atoms with van der Waals surface area (Å²) in [5, 5.41) is 4.91. The third-order valence-corrected chi connectivity index (χ3v) is 7.39. The van der Waals surface area contributed by atoms with Gasteiger partial charge in [0.15, 0.2) is 22.2 Å². The molecule has 0 bridgehead atoms. The summed E-state index contributed by atoms with van der Waals surface area (Å²) in [4.78, 5) is 51.6. The zero-order chi connectivity index (χ0) is 25.2. The van der Waals surface area contributed by atoms with Gasteiger partial charge in [0.1, 0.15) is 12.3 Å². The lowest BCUT2D eigenvalue weighted by molar-refractivity contribution is -0.156. The van der Waals surface area contributed by atoms with E-state index in [1.165, 1.54) is 47.5 Å². The number of carbonyl (C=O) groups excluding carboxylic acids is 4. The smallest absolute Gasteiger partial charge is 0.287 e. The van der Waals surface area contributed by atoms with Crippen LogP contribution in [0.15, 0.2) is 45.9 Å². The molecule has 2 aliphatic rings. The quantitative estimate of drug-likeness (QED) is 0.563. The second-order valence-corrected chi connectivity index (χ2v) is 10.1. The highest BCUT2D eigenvalue weighted by Crippen LogP contribution is 2.34. The van der Waals surface area contributed by atoms with Gasteiger partial charge in [0.2, 0.25) is 0 Å². The van der Waals surface area contributed by atoms with Gasteiger partial charge in [-0.25, -0.2) is 18.4 Å². The van der Waals surface area contributed by atoms with Gasteiger partial charge in [0.25, 0.3) is 23.6 Å². The molecule has 0 spiro atoms. The topological polar surface area (TPSA) is 147 Å². The summed E-state index contributed by atoms with van der Waals surface area (Å²) in [7, 11) is -3.55. The van der Waals surface area contributed by atoms with Crippen molar-refractivity contribution in [2.24, 2.45) is 0 Å². The van der Waals surface area contributed by atoms with E-state index < -0.39 is 40.0 Å². The van der Waals surface area contributed by atoms with E-state index in [0.29, 0.717) is 6.42 Å². The largest absolute Gasteiger partial charge is 0.482 e. The standard InChI is InChI=1S/C22H24N4O8S/c1-2-35(31,32)15-6-7-17-16(11-15)24(21(29)14-34-17)13-20(28)26-9-4-8-25(26)19(27)12-23-22(30)18-5-3-10-33-18/h3,5-7,10-11H,2,4,8-9,12-14H2,1H3,(H,23,30). The molecule has 13 heteroatoms. The van der Waals surface area contributed by atoms with Gasteiger partial charge in [0.05, 0.1) is 29.1 Å². The molecule has 1 aromatic carbocycles. The Morgan fingerprint density at radius 2 is 1.83 bits per heavy atom. The Morgan fingerprint density at radius 1 is 1.09 bits per heavy atom. The van der Waals surface area contributed by atoms with Crippen LogP contribution in [0.3, 0.4) is 0 Å². The van der Waals surface area contributed by atoms with Crippen molar-refractivity contribution in [3.8, 4) is 5.75 Å². The van der Waals surface area contributed by atoms with Gasteiger partial charge in [-0.1, -0.05) is 6.92 Å². The molecule has 1 saturated heterocycles. The van der Waals surface area contributed by atoms with E-state index in [0.717, 1.165) is 4.90 Å². The highest BCUT2D eigenvalue weighted by Gasteiger charge is 2.35. The van der Waals surface area contributed by atoms with Crippen LogP contribution in [0.25, 0.3) is 0 Å². The maximum absolute atomic E-state index is 13.1. The van der Waals surface area contributed by atoms with Crippen molar-refractivity contribution in [3.05, 3.63) is 42.4 Å². The first-order chi connectivity index (χ1) is 16.7. The van der Waals surface area contributed by atoms with Gasteiger partial charge >= 0.3 is 0 Å². The molecule has 2 aliphatic heterocycles. The van der Waals surface area contributed by atoms with E-state index in [9.17, 15) is 27.6 Å². The van der Waals surface area contributed by atoms with Crippen LogP contribution in [0.2, 0.25) is 0 Å². The Balaban J connectivity index is 1.47. The second kappa shape index (κ2) is 9.78. The normalized spacial score (nSPS) is 15.6. The number of furan rings is 1. The molecule has 186 valence electrons. The molecule has 2 aromatic rings. The maximum atomic E-state index is 13.1. The fraction of sp³-hybridized carbons (Fsp3) is 0.364. The van der Waals surface area contributed by atoms with Gasteiger partial charge in [-0.15, -0.1) is 0 Å². The summed E-state index contributed by atoms with van der Waals surface area (Å²) >= 11 is 0. The summed E-state index contributed by atoms with van der Waals surface area (Å²) in [6.45, 7) is 0.976. The first kappa shape index (κ1) is 24.3. The van der Waals surface area contributed by atoms with Gasteiger partial charge in [-0.05, 0) is 36.8 Å². The maximum Gasteiger partial charge on any atom is 0.287 e. The minimum absolute atomic E-state index is 0.0137. The van der Waals surface area contributed by atoms with Crippen LogP contribution in [-0.2, 0) is 24.2 Å². The minimum Gasteiger partial charge on any atom is -0.482 e. The van der Waals surface area contributed by atoms with Crippen molar-refractivity contribution in [2.75, 3.05) is 43.4 Å². The highest BCUT2D eigenvalue weighted by molar-refractivity contribution is 7.91. The number of carbonyl (C=O) groups is 4. The van der Waals surface area contributed by atoms with Gasteiger partial charge in [-0.2, -0.15) is 0 Å². The van der Waals surface area contributed by atoms with Crippen LogP contribution < -0.4 is 15.0 Å². The van der Waals surface area contributed by atoms with Crippen LogP contribution in [0.4, 0.5) is 5.69 Å². The van der Waals surface area contributed by atoms with Gasteiger partial charge in [0, 0.05) is 13.1 Å². The van der Waals surface area contributed by atoms with E-state index in [1.54, 1.807) is 6.07 Å². The Bertz CT molecular complexity index is 1260. The van der Waals surface area contributed by atoms with E-state index in [2.05, 4.69) is 5.32 Å². The minimum atomic E-state index is -3.55. The number of hydrazine groups is 1. The van der Waals surface area contributed by atoms with Crippen LogP contribution in [-0.4, -0.2) is 80.6 Å². The van der Waals surface area contributed by atoms with E-state index in [1.807, 2.05) is 0 Å². The van der Waals surface area contributed by atoms with E-state index in [4.69, 9.17) is 9.15 Å². The molecule has 12 nitrogen and oxygen atoms in total. The molecule has 0 aliphatic carbocycles. The summed E-state index contributed by atoms with van der Waals surface area (Å²) < 4.78 is 35.0. The predicted molar refractivity (Wildman–Crippen MR) is 121 cm³/mol. The molecule has 35 heavy (non-hydrogen) atoms. The average molecular weight is 505 g/mol. The fourth-order valence-corrected chi connectivity index (χ4v) is 4.70. The number of hydrogen-bond donors (Lipinski definition) is 1. The molecule has 0 saturated carbocycles. The molecule has 1 N–H and O–H groups in total. The molecule has 0 radical (unpaired) electrons. The number of benzene rings is 1. The van der Waals surface area contributed by atoms with Crippen LogP contribution in [0, 0.1) is 0 Å². The Morgan fingerprint density at radius 3 is 2.51 bits per heavy atom. The summed E-state index contributed by atoms with van der Waals surface area (Å²) in [6.07, 6.45) is 1.86. The van der Waals surface area contributed by atoms with Crippen molar-refractivity contribution < 1.29 is 36.7 Å². The predicted octanol–water partition coefficient (Wildman–Crippen LogP) is 0.205. The second-order valence-electron chi connectivity index (χ2n) is 7.85. The van der Waals surface area contributed by atoms with Crippen molar-refractivity contribution in [2.45, 2.75) is 18.2 Å². The first-order valence-electron chi connectivity index (χ1n) is 10.9. The zero-order valence-electron chi connectivity index (χ0n) is 18.9. The summed E-state index contributed by atoms with van der Waals surface area (Å²) in [5.74, 6) is -1.89. The van der Waals surface area contributed by atoms with E-state index in [-0.39, 0.29) is 54.1 Å². The first-order valence-corrected chi connectivity index (χ1v) is 12.6. The van der Waals surface area contributed by atoms with Crippen LogP contribution >= 0.6 is 0 Å². The van der Waals surface area contributed by atoms with Crippen molar-refractivity contribution in [3.63, 3.8) is 0 Å². The SMILES string of the molecule is CCS(=O)(=O)c1ccc2c(c1)N(CC(=O)N1CCCN1C(=O)CNC(=O)c1ccco1)C(=O)CO2. The van der Waals surface area contributed by atoms with Crippen molar-refractivity contribution >= 4 is 39.2 Å². The van der Waals surface area contributed by atoms with Crippen LogP contribution in [0.5, 0.6) is 5.75 Å². The number of nitrogens with zero attached hydrogens (tertiary/aromatic N) is 3. The number of anilines is 1. The number of sulfone groups is 1. The molecular weight excluding hydrogens is 480 g/mol. The molecular formula is C22H24N4O8S. The molecule has 1 aromatic heterocycles. The third kappa shape index (κ3) is 4.99. The number of rotatable bonds is 7. The lowest BCUT2D eigenvalue weighted by Gasteiger charge is -2.33. The monoisotopic (exact) mass is 504 g/mol. The molecule has 1 fully saturated rings. The van der Waals surface area contributed by atoms with Crippen molar-refractivity contribution in [1.82, 2.24) is 15.3 Å². The molecule has 4 amide bonds. The number of amides is 4. The van der Waals surface area contributed by atoms with E-state index >= 15 is 0 Å². The Hall–Kier alpha value is -3.87. The Labute approximate surface area is 201 Å². The Kier molecular flexibility index (Phi) is 6.78. The summed E-state index contributed by atoms with van der Waals surface area (Å²) in [5.41, 5.74) is 0.173.